The van der Waals surface area contributed by atoms with Crippen LogP contribution in [0.1, 0.15) is 18.1 Å². The maximum absolute atomic E-state index is 3.94. The Kier molecular flexibility index (Phi) is 3.30. The van der Waals surface area contributed by atoms with Crippen LogP contribution in [0.5, 0.6) is 0 Å². The van der Waals surface area contributed by atoms with Crippen molar-refractivity contribution in [2.45, 2.75) is 19.9 Å². The summed E-state index contributed by atoms with van der Waals surface area (Å²) in [5, 5.41) is 3.42. The zero-order valence-corrected chi connectivity index (χ0v) is 10.2. The number of fused-ring (bicyclic) bond motifs is 1. The molecular formula is C14H20N2. The van der Waals surface area contributed by atoms with E-state index in [2.05, 4.69) is 49.0 Å². The molecule has 0 aromatic heterocycles. The Bertz CT molecular complexity index is 396. The lowest BCUT2D eigenvalue weighted by Gasteiger charge is -2.17. The molecule has 1 heterocycles. The van der Waals surface area contributed by atoms with Crippen molar-refractivity contribution in [3.05, 3.63) is 41.5 Å². The summed E-state index contributed by atoms with van der Waals surface area (Å²) in [7, 11) is 2.13. The van der Waals surface area contributed by atoms with Gasteiger partial charge in [-0.15, -0.1) is 0 Å². The number of hydrogen-bond donors (Lipinski definition) is 1. The van der Waals surface area contributed by atoms with Crippen LogP contribution in [0.4, 0.5) is 5.69 Å². The highest BCUT2D eigenvalue weighted by molar-refractivity contribution is 5.56. The molecule has 2 nitrogen and oxygen atoms in total. The molecule has 2 heteroatoms. The van der Waals surface area contributed by atoms with Gasteiger partial charge in [0.1, 0.15) is 0 Å². The monoisotopic (exact) mass is 216 g/mol. The van der Waals surface area contributed by atoms with E-state index in [-0.39, 0.29) is 0 Å². The molecule has 0 saturated heterocycles. The fourth-order valence-electron chi connectivity index (χ4n) is 2.26. The third kappa shape index (κ3) is 2.64. The first-order chi connectivity index (χ1) is 7.65. The smallest absolute Gasteiger partial charge is 0.0376 e. The Hall–Kier alpha value is -1.28. The molecule has 1 aliphatic heterocycles. The summed E-state index contributed by atoms with van der Waals surface area (Å²) in [5.41, 5.74) is 5.35. The first-order valence-corrected chi connectivity index (χ1v) is 5.84. The van der Waals surface area contributed by atoms with E-state index in [1.165, 1.54) is 22.4 Å². The predicted molar refractivity (Wildman–Crippen MR) is 69.8 cm³/mol. The Balaban J connectivity index is 2.02. The van der Waals surface area contributed by atoms with Gasteiger partial charge in [0.2, 0.25) is 0 Å². The standard InChI is InChI=1S/C14H20N2/c1-11(2)9-16(3)10-12-4-5-13-6-7-15-14(13)8-12/h4-5,8,15H,1,6-7,9-10H2,2-3H3. The Morgan fingerprint density at radius 1 is 1.50 bits per heavy atom. The Morgan fingerprint density at radius 2 is 2.31 bits per heavy atom. The number of rotatable bonds is 4. The molecular weight excluding hydrogens is 196 g/mol. The van der Waals surface area contributed by atoms with Crippen molar-refractivity contribution < 1.29 is 0 Å². The Labute approximate surface area is 98.0 Å². The molecule has 0 atom stereocenters. The molecule has 0 radical (unpaired) electrons. The van der Waals surface area contributed by atoms with Gasteiger partial charge in [-0.2, -0.15) is 0 Å². The maximum atomic E-state index is 3.94. The SMILES string of the molecule is C=C(C)CN(C)Cc1ccc2c(c1)NCC2. The molecule has 1 aromatic carbocycles. The molecule has 0 bridgehead atoms. The van der Waals surface area contributed by atoms with Gasteiger partial charge in [-0.1, -0.05) is 24.3 Å². The number of nitrogens with one attached hydrogen (secondary N) is 1. The van der Waals surface area contributed by atoms with E-state index in [4.69, 9.17) is 0 Å². The molecule has 0 unspecified atom stereocenters. The summed E-state index contributed by atoms with van der Waals surface area (Å²) in [6.07, 6.45) is 1.16. The minimum Gasteiger partial charge on any atom is -0.384 e. The first-order valence-electron chi connectivity index (χ1n) is 5.84. The minimum absolute atomic E-state index is 0.963. The molecule has 86 valence electrons. The molecule has 0 amide bonds. The van der Waals surface area contributed by atoms with Crippen LogP contribution in [-0.4, -0.2) is 25.0 Å². The van der Waals surface area contributed by atoms with Gasteiger partial charge in [0.15, 0.2) is 0 Å². The van der Waals surface area contributed by atoms with Crippen LogP contribution in [0, 0.1) is 0 Å². The van der Waals surface area contributed by atoms with E-state index < -0.39 is 0 Å². The molecule has 0 spiro atoms. The number of likely N-dealkylation sites (N-methyl/N-ethyl adjacent to an activating group) is 1. The summed E-state index contributed by atoms with van der Waals surface area (Å²) >= 11 is 0. The second-order valence-corrected chi connectivity index (χ2v) is 4.80. The Morgan fingerprint density at radius 3 is 3.06 bits per heavy atom. The predicted octanol–water partition coefficient (Wildman–Crippen LogP) is 2.66. The second-order valence-electron chi connectivity index (χ2n) is 4.80. The highest BCUT2D eigenvalue weighted by Crippen LogP contribution is 2.23. The molecule has 1 aromatic rings. The highest BCUT2D eigenvalue weighted by atomic mass is 15.1. The van der Waals surface area contributed by atoms with Crippen molar-refractivity contribution in [2.24, 2.45) is 0 Å². The van der Waals surface area contributed by atoms with Crippen LogP contribution in [0.25, 0.3) is 0 Å². The van der Waals surface area contributed by atoms with Crippen LogP contribution in [0.3, 0.4) is 0 Å². The van der Waals surface area contributed by atoms with Crippen LogP contribution in [0.15, 0.2) is 30.4 Å². The van der Waals surface area contributed by atoms with Gasteiger partial charge in [-0.3, -0.25) is 4.90 Å². The average Bonchev–Trinajstić information content (AvgIpc) is 2.63. The van der Waals surface area contributed by atoms with Crippen LogP contribution in [0.2, 0.25) is 0 Å². The first kappa shape index (κ1) is 11.2. The summed E-state index contributed by atoms with van der Waals surface area (Å²) in [6.45, 7) is 9.05. The molecule has 1 aliphatic rings. The zero-order valence-electron chi connectivity index (χ0n) is 10.2. The normalized spacial score (nSPS) is 13.7. The lowest BCUT2D eigenvalue weighted by atomic mass is 10.1. The van der Waals surface area contributed by atoms with E-state index in [0.717, 1.165) is 26.1 Å². The van der Waals surface area contributed by atoms with Gasteiger partial charge in [0, 0.05) is 25.3 Å². The van der Waals surface area contributed by atoms with E-state index in [0.29, 0.717) is 0 Å². The number of benzene rings is 1. The van der Waals surface area contributed by atoms with Crippen molar-refractivity contribution >= 4 is 5.69 Å². The van der Waals surface area contributed by atoms with Crippen LogP contribution >= 0.6 is 0 Å². The minimum atomic E-state index is 0.963. The van der Waals surface area contributed by atoms with Gasteiger partial charge in [0.25, 0.3) is 0 Å². The van der Waals surface area contributed by atoms with E-state index in [1.807, 2.05) is 0 Å². The molecule has 0 fully saturated rings. The number of hydrogen-bond acceptors (Lipinski definition) is 2. The van der Waals surface area contributed by atoms with Gasteiger partial charge in [-0.25, -0.2) is 0 Å². The van der Waals surface area contributed by atoms with E-state index >= 15 is 0 Å². The molecule has 1 N–H and O–H groups in total. The van der Waals surface area contributed by atoms with Gasteiger partial charge in [-0.05, 0) is 37.6 Å². The summed E-state index contributed by atoms with van der Waals surface area (Å²) in [5.74, 6) is 0. The van der Waals surface area contributed by atoms with Crippen molar-refractivity contribution in [3.63, 3.8) is 0 Å². The molecule has 0 saturated carbocycles. The van der Waals surface area contributed by atoms with Crippen molar-refractivity contribution in [1.29, 1.82) is 0 Å². The van der Waals surface area contributed by atoms with Crippen LogP contribution in [-0.2, 0) is 13.0 Å². The van der Waals surface area contributed by atoms with Crippen LogP contribution < -0.4 is 5.32 Å². The highest BCUT2D eigenvalue weighted by Gasteiger charge is 2.10. The van der Waals surface area contributed by atoms with Crippen molar-refractivity contribution in [3.8, 4) is 0 Å². The quantitative estimate of drug-likeness (QED) is 0.778. The summed E-state index contributed by atoms with van der Waals surface area (Å²) in [6, 6.07) is 6.76. The maximum Gasteiger partial charge on any atom is 0.0376 e. The fraction of sp³-hybridized carbons (Fsp3) is 0.429. The van der Waals surface area contributed by atoms with Crippen molar-refractivity contribution in [1.82, 2.24) is 4.90 Å². The average molecular weight is 216 g/mol. The molecule has 0 aliphatic carbocycles. The van der Waals surface area contributed by atoms with Gasteiger partial charge in [0.05, 0.1) is 0 Å². The zero-order chi connectivity index (χ0) is 11.5. The molecule has 2 rings (SSSR count). The summed E-state index contributed by atoms with van der Waals surface area (Å²) < 4.78 is 0. The van der Waals surface area contributed by atoms with E-state index in [1.54, 1.807) is 0 Å². The number of anilines is 1. The third-order valence-electron chi connectivity index (χ3n) is 2.88. The number of nitrogens with zero attached hydrogens (tertiary/aromatic N) is 1. The fourth-order valence-corrected chi connectivity index (χ4v) is 2.26. The van der Waals surface area contributed by atoms with Gasteiger partial charge < -0.3 is 5.32 Å². The molecule has 16 heavy (non-hydrogen) atoms. The third-order valence-corrected chi connectivity index (χ3v) is 2.88. The van der Waals surface area contributed by atoms with Crippen molar-refractivity contribution in [2.75, 3.05) is 25.5 Å². The summed E-state index contributed by atoms with van der Waals surface area (Å²) in [4.78, 5) is 2.29. The second kappa shape index (κ2) is 4.71. The lowest BCUT2D eigenvalue weighted by Crippen LogP contribution is -2.19. The lowest BCUT2D eigenvalue weighted by molar-refractivity contribution is 0.355. The van der Waals surface area contributed by atoms with E-state index in [9.17, 15) is 0 Å². The topological polar surface area (TPSA) is 15.3 Å². The largest absolute Gasteiger partial charge is 0.384 e. The van der Waals surface area contributed by atoms with Gasteiger partial charge >= 0.3 is 0 Å².